The van der Waals surface area contributed by atoms with Gasteiger partial charge >= 0.3 is 0 Å². The quantitative estimate of drug-likeness (QED) is 0.692. The summed E-state index contributed by atoms with van der Waals surface area (Å²) in [7, 11) is 1.56. The number of piperazine rings is 1. The molecule has 0 spiro atoms. The molecule has 0 saturated carbocycles. The second kappa shape index (κ2) is 7.25. The third kappa shape index (κ3) is 3.08. The summed E-state index contributed by atoms with van der Waals surface area (Å²) in [6.07, 6.45) is 0. The largest absolute Gasteiger partial charge is 0.495 e. The Kier molecular flexibility index (Phi) is 4.64. The van der Waals surface area contributed by atoms with Gasteiger partial charge in [0.05, 0.1) is 12.8 Å². The fraction of sp³-hybridized carbons (Fsp3) is 0.143. The Bertz CT molecular complexity index is 957. The molecule has 4 rings (SSSR count). The topological polar surface area (TPSA) is 49.9 Å². The zero-order valence-electron chi connectivity index (χ0n) is 14.7. The average molecular weight is 378 g/mol. The van der Waals surface area contributed by atoms with Crippen LogP contribution in [0, 0.1) is 0 Å². The van der Waals surface area contributed by atoms with Gasteiger partial charge in [0, 0.05) is 5.69 Å². The molecule has 2 amide bonds. The van der Waals surface area contributed by atoms with Gasteiger partial charge in [0.1, 0.15) is 18.3 Å². The lowest BCUT2D eigenvalue weighted by Gasteiger charge is -2.40. The zero-order valence-corrected chi connectivity index (χ0v) is 15.6. The smallest absolute Gasteiger partial charge is 0.255 e. The maximum atomic E-state index is 13.5. The van der Waals surface area contributed by atoms with Crippen molar-refractivity contribution in [3.8, 4) is 5.75 Å². The van der Waals surface area contributed by atoms with Crippen LogP contribution in [0.4, 0.5) is 11.4 Å². The fourth-order valence-corrected chi connectivity index (χ4v) is 4.03. The van der Waals surface area contributed by atoms with E-state index in [4.69, 9.17) is 4.74 Å². The van der Waals surface area contributed by atoms with Crippen LogP contribution in [0.15, 0.2) is 71.4 Å². The number of amides is 2. The number of carbonyl (C=O) groups excluding carboxylic acids is 2. The summed E-state index contributed by atoms with van der Waals surface area (Å²) in [4.78, 5) is 29.7. The molecule has 0 aliphatic carbocycles. The first-order valence-corrected chi connectivity index (χ1v) is 9.48. The van der Waals surface area contributed by atoms with Gasteiger partial charge in [0.25, 0.3) is 5.91 Å². The maximum absolute atomic E-state index is 13.5. The van der Waals surface area contributed by atoms with Crippen molar-refractivity contribution in [2.24, 2.45) is 0 Å². The molecule has 6 heteroatoms. The SMILES string of the molecule is COc1ccccc1N1CC(=O)N(c2ccccc2)[C@@H](c2ccsc2)C1=O. The van der Waals surface area contributed by atoms with Gasteiger partial charge in [-0.05, 0) is 46.7 Å². The highest BCUT2D eigenvalue weighted by Crippen LogP contribution is 2.37. The third-order valence-electron chi connectivity index (χ3n) is 4.59. The van der Waals surface area contributed by atoms with Gasteiger partial charge in [0.15, 0.2) is 0 Å². The number of para-hydroxylation sites is 3. The maximum Gasteiger partial charge on any atom is 0.255 e. The van der Waals surface area contributed by atoms with E-state index in [1.165, 1.54) is 16.2 Å². The minimum atomic E-state index is -0.704. The molecule has 0 radical (unpaired) electrons. The van der Waals surface area contributed by atoms with E-state index in [1.54, 1.807) is 24.1 Å². The highest BCUT2D eigenvalue weighted by atomic mass is 32.1. The van der Waals surface area contributed by atoms with Crippen LogP contribution in [-0.4, -0.2) is 25.5 Å². The van der Waals surface area contributed by atoms with E-state index >= 15 is 0 Å². The molecule has 1 atom stereocenters. The summed E-state index contributed by atoms with van der Waals surface area (Å²) in [5.74, 6) is 0.278. The van der Waals surface area contributed by atoms with Crippen LogP contribution in [0.5, 0.6) is 5.75 Å². The van der Waals surface area contributed by atoms with E-state index < -0.39 is 6.04 Å². The van der Waals surface area contributed by atoms with Crippen LogP contribution in [0.1, 0.15) is 11.6 Å². The van der Waals surface area contributed by atoms with Crippen molar-refractivity contribution in [1.29, 1.82) is 0 Å². The molecule has 2 heterocycles. The minimum absolute atomic E-state index is 0.0330. The molecule has 5 nitrogen and oxygen atoms in total. The molecule has 136 valence electrons. The minimum Gasteiger partial charge on any atom is -0.495 e. The first-order valence-electron chi connectivity index (χ1n) is 8.54. The van der Waals surface area contributed by atoms with Gasteiger partial charge in [-0.15, -0.1) is 0 Å². The molecule has 27 heavy (non-hydrogen) atoms. The van der Waals surface area contributed by atoms with E-state index in [0.717, 1.165) is 5.56 Å². The number of methoxy groups -OCH3 is 1. The highest BCUT2D eigenvalue weighted by Gasteiger charge is 2.42. The zero-order chi connectivity index (χ0) is 18.8. The average Bonchev–Trinajstić information content (AvgIpc) is 3.24. The van der Waals surface area contributed by atoms with Crippen molar-refractivity contribution in [2.45, 2.75) is 6.04 Å². The Morgan fingerprint density at radius 1 is 1.00 bits per heavy atom. The van der Waals surface area contributed by atoms with Crippen molar-refractivity contribution < 1.29 is 14.3 Å². The first kappa shape index (κ1) is 17.3. The summed E-state index contributed by atoms with van der Waals surface area (Å²) in [5, 5.41) is 3.83. The molecular formula is C21H18N2O3S. The van der Waals surface area contributed by atoms with Crippen molar-refractivity contribution in [3.63, 3.8) is 0 Å². The molecule has 1 aliphatic rings. The van der Waals surface area contributed by atoms with E-state index in [2.05, 4.69) is 0 Å². The van der Waals surface area contributed by atoms with Crippen LogP contribution in [0.2, 0.25) is 0 Å². The standard InChI is InChI=1S/C21H18N2O3S/c1-26-18-10-6-5-9-17(18)22-13-19(24)23(16-7-3-2-4-8-16)20(21(22)25)15-11-12-27-14-15/h2-12,14,20H,13H2,1H3/t20-/m0/s1. The van der Waals surface area contributed by atoms with Gasteiger partial charge in [-0.1, -0.05) is 30.3 Å². The Morgan fingerprint density at radius 2 is 1.74 bits per heavy atom. The number of nitrogens with zero attached hydrogens (tertiary/aromatic N) is 2. The molecule has 2 aromatic carbocycles. The number of rotatable bonds is 4. The molecule has 0 N–H and O–H groups in total. The summed E-state index contributed by atoms with van der Waals surface area (Å²) in [5.41, 5.74) is 2.12. The molecule has 0 unspecified atom stereocenters. The van der Waals surface area contributed by atoms with Crippen molar-refractivity contribution in [1.82, 2.24) is 0 Å². The second-order valence-corrected chi connectivity index (χ2v) is 6.93. The predicted octanol–water partition coefficient (Wildman–Crippen LogP) is 3.88. The van der Waals surface area contributed by atoms with Crippen molar-refractivity contribution in [2.75, 3.05) is 23.5 Å². The normalized spacial score (nSPS) is 17.3. The van der Waals surface area contributed by atoms with Crippen LogP contribution < -0.4 is 14.5 Å². The lowest BCUT2D eigenvalue weighted by Crippen LogP contribution is -2.56. The summed E-state index contributed by atoms with van der Waals surface area (Å²) < 4.78 is 5.40. The summed E-state index contributed by atoms with van der Waals surface area (Å²) in [6.45, 7) is -0.0330. The van der Waals surface area contributed by atoms with Crippen LogP contribution >= 0.6 is 11.3 Å². The molecule has 0 bridgehead atoms. The molecule has 1 aromatic heterocycles. The molecule has 1 saturated heterocycles. The van der Waals surface area contributed by atoms with Crippen LogP contribution in [0.25, 0.3) is 0 Å². The lowest BCUT2D eigenvalue weighted by molar-refractivity contribution is -0.128. The number of ether oxygens (including phenoxy) is 1. The Balaban J connectivity index is 1.81. The van der Waals surface area contributed by atoms with E-state index in [9.17, 15) is 9.59 Å². The van der Waals surface area contributed by atoms with Gasteiger partial charge in [-0.3, -0.25) is 19.4 Å². The second-order valence-electron chi connectivity index (χ2n) is 6.15. The van der Waals surface area contributed by atoms with E-state index in [0.29, 0.717) is 17.1 Å². The molecule has 1 aliphatic heterocycles. The molecule has 1 fully saturated rings. The number of hydrogen-bond donors (Lipinski definition) is 0. The lowest BCUT2D eigenvalue weighted by atomic mass is 10.0. The highest BCUT2D eigenvalue weighted by molar-refractivity contribution is 7.08. The number of carbonyl (C=O) groups is 2. The number of benzene rings is 2. The predicted molar refractivity (Wildman–Crippen MR) is 106 cm³/mol. The van der Waals surface area contributed by atoms with Crippen molar-refractivity contribution in [3.05, 3.63) is 77.0 Å². The van der Waals surface area contributed by atoms with E-state index in [-0.39, 0.29) is 18.4 Å². The fourth-order valence-electron chi connectivity index (χ4n) is 3.35. The van der Waals surface area contributed by atoms with E-state index in [1.807, 2.05) is 59.3 Å². The molecular weight excluding hydrogens is 360 g/mol. The van der Waals surface area contributed by atoms with Gasteiger partial charge in [-0.2, -0.15) is 11.3 Å². The number of anilines is 2. The third-order valence-corrected chi connectivity index (χ3v) is 5.29. The Morgan fingerprint density at radius 3 is 2.44 bits per heavy atom. The summed E-state index contributed by atoms with van der Waals surface area (Å²) in [6, 6.07) is 17.8. The number of thiophene rings is 1. The monoisotopic (exact) mass is 378 g/mol. The van der Waals surface area contributed by atoms with Crippen molar-refractivity contribution >= 4 is 34.5 Å². The molecule has 3 aromatic rings. The van der Waals surface area contributed by atoms with Gasteiger partial charge in [0.2, 0.25) is 5.91 Å². The van der Waals surface area contributed by atoms with Crippen LogP contribution in [-0.2, 0) is 9.59 Å². The Hall–Kier alpha value is -3.12. The first-order chi connectivity index (χ1) is 13.2. The Labute approximate surface area is 161 Å². The van der Waals surface area contributed by atoms with Crippen LogP contribution in [0.3, 0.4) is 0 Å². The summed E-state index contributed by atoms with van der Waals surface area (Å²) >= 11 is 1.51. The van der Waals surface area contributed by atoms with Gasteiger partial charge in [-0.25, -0.2) is 0 Å². The van der Waals surface area contributed by atoms with Gasteiger partial charge < -0.3 is 4.74 Å². The number of hydrogen-bond acceptors (Lipinski definition) is 4.